The number of hydrogen-bond acceptors (Lipinski definition) is 6. The van der Waals surface area contributed by atoms with E-state index in [1.54, 1.807) is 45.0 Å². The summed E-state index contributed by atoms with van der Waals surface area (Å²) < 4.78 is 4.54. The Balaban J connectivity index is 0.00000256. The van der Waals surface area contributed by atoms with E-state index in [2.05, 4.69) is 10.5 Å². The topological polar surface area (TPSA) is 113 Å². The van der Waals surface area contributed by atoms with Crippen LogP contribution < -0.4 is 5.32 Å². The van der Waals surface area contributed by atoms with Crippen LogP contribution in [-0.2, 0) is 9.59 Å². The number of carbonyl (C=O) groups excluding carboxylic acids is 2. The number of halogens is 1. The molecule has 2 amide bonds. The summed E-state index contributed by atoms with van der Waals surface area (Å²) in [6.45, 7) is 5.16. The molecule has 8 nitrogen and oxygen atoms in total. The number of carbonyl (C=O) groups is 3. The number of rotatable bonds is 4. The molecule has 4 rings (SSSR count). The van der Waals surface area contributed by atoms with Crippen LogP contribution in [-0.4, -0.2) is 84.7 Å². The van der Waals surface area contributed by atoms with Crippen molar-refractivity contribution in [2.75, 3.05) is 0 Å². The summed E-state index contributed by atoms with van der Waals surface area (Å²) >= 11 is 7.59. The van der Waals surface area contributed by atoms with Crippen LogP contribution in [0.15, 0.2) is 28.8 Å². The number of nitrogens with zero attached hydrogens (tertiary/aromatic N) is 2. The Morgan fingerprint density at radius 3 is 2.63 bits per heavy atom. The number of carboxylic acids is 1. The van der Waals surface area contributed by atoms with Gasteiger partial charge in [0.15, 0.2) is 0 Å². The molecule has 3 unspecified atom stereocenters. The molecule has 2 N–H and O–H groups in total. The van der Waals surface area contributed by atoms with Gasteiger partial charge in [0.1, 0.15) is 34.5 Å². The second kappa shape index (κ2) is 8.20. The van der Waals surface area contributed by atoms with Crippen molar-refractivity contribution in [3.63, 3.8) is 0 Å². The first-order valence-corrected chi connectivity index (χ1v) is 10.1. The number of aliphatic carboxylic acids is 1. The van der Waals surface area contributed by atoms with E-state index in [0.717, 1.165) is 0 Å². The molecule has 2 fully saturated rings. The first-order valence-electron chi connectivity index (χ1n) is 8.88. The van der Waals surface area contributed by atoms with Crippen LogP contribution in [0.5, 0.6) is 0 Å². The number of hydrogen-bond donors (Lipinski definition) is 2. The summed E-state index contributed by atoms with van der Waals surface area (Å²) in [5.41, 5.74) is 1.03. The minimum Gasteiger partial charge on any atom is -0.480 e. The van der Waals surface area contributed by atoms with Gasteiger partial charge in [0.05, 0.1) is 5.02 Å². The molecule has 11 heteroatoms. The van der Waals surface area contributed by atoms with Crippen molar-refractivity contribution < 1.29 is 24.0 Å². The zero-order valence-corrected chi connectivity index (χ0v) is 20.4. The zero-order valence-electron chi connectivity index (χ0n) is 16.8. The fourth-order valence-corrected chi connectivity index (χ4v) is 5.69. The van der Waals surface area contributed by atoms with Gasteiger partial charge in [-0.15, -0.1) is 11.8 Å². The van der Waals surface area contributed by atoms with E-state index in [4.69, 9.17) is 16.1 Å². The molecule has 0 bridgehead atoms. The maximum atomic E-state index is 13.0. The van der Waals surface area contributed by atoms with Crippen molar-refractivity contribution in [1.82, 2.24) is 15.4 Å². The molecule has 0 aliphatic carbocycles. The Bertz CT molecular complexity index is 1040. The number of fused-ring (bicyclic) bond motifs is 1. The van der Waals surface area contributed by atoms with Gasteiger partial charge < -0.3 is 19.8 Å². The van der Waals surface area contributed by atoms with Gasteiger partial charge in [-0.2, -0.15) is 0 Å². The van der Waals surface area contributed by atoms with Crippen molar-refractivity contribution in [2.24, 2.45) is 0 Å². The zero-order chi connectivity index (χ0) is 21.1. The second-order valence-corrected chi connectivity index (χ2v) is 9.67. The van der Waals surface area contributed by atoms with E-state index in [9.17, 15) is 19.5 Å². The Morgan fingerprint density at radius 2 is 2.00 bits per heavy atom. The van der Waals surface area contributed by atoms with Crippen LogP contribution in [0.25, 0.3) is 11.3 Å². The molecule has 3 heterocycles. The monoisotopic (exact) mass is 458 g/mol. The van der Waals surface area contributed by atoms with Gasteiger partial charge in [-0.3, -0.25) is 9.59 Å². The molecule has 2 aliphatic rings. The Morgan fingerprint density at radius 1 is 1.33 bits per heavy atom. The molecule has 153 valence electrons. The van der Waals surface area contributed by atoms with Gasteiger partial charge in [-0.05, 0) is 26.8 Å². The summed E-state index contributed by atoms with van der Waals surface area (Å²) in [7, 11) is 0. The van der Waals surface area contributed by atoms with Crippen molar-refractivity contribution in [1.29, 1.82) is 0 Å². The number of carboxylic acid groups (broad SMARTS) is 1. The average molecular weight is 459 g/mol. The van der Waals surface area contributed by atoms with Gasteiger partial charge in [0.2, 0.25) is 5.91 Å². The van der Waals surface area contributed by atoms with Crippen molar-refractivity contribution in [3.8, 4) is 11.3 Å². The first kappa shape index (κ1) is 23.1. The average Bonchev–Trinajstić information content (AvgIpc) is 3.15. The SMILES string of the molecule is Cc1onc(-c2ccccc2Cl)c1C(=O)NC1C(=O)N2C1SC(C)(C)C2C(=O)O.[Na]. The normalized spacial score (nSPS) is 23.9. The molecule has 1 aromatic heterocycles. The van der Waals surface area contributed by atoms with Crippen molar-refractivity contribution in [3.05, 3.63) is 40.6 Å². The van der Waals surface area contributed by atoms with Gasteiger partial charge >= 0.3 is 5.97 Å². The molecule has 1 aromatic carbocycles. The Hall–Kier alpha value is -1.52. The predicted octanol–water partition coefficient (Wildman–Crippen LogP) is 2.17. The molecule has 2 saturated heterocycles. The minimum absolute atomic E-state index is 0. The summed E-state index contributed by atoms with van der Waals surface area (Å²) in [6, 6.07) is 5.18. The largest absolute Gasteiger partial charge is 0.480 e. The Kier molecular flexibility index (Phi) is 6.33. The molecular formula is C19H18ClN3NaO5S. The summed E-state index contributed by atoms with van der Waals surface area (Å²) in [5, 5.41) is 16.2. The third kappa shape index (κ3) is 3.56. The molecule has 1 radical (unpaired) electrons. The minimum atomic E-state index is -1.06. The molecule has 3 atom stereocenters. The number of aryl methyl sites for hydroxylation is 1. The van der Waals surface area contributed by atoms with Crippen LogP contribution in [0, 0.1) is 6.92 Å². The van der Waals surface area contributed by atoms with E-state index in [-0.39, 0.29) is 40.8 Å². The van der Waals surface area contributed by atoms with E-state index >= 15 is 0 Å². The van der Waals surface area contributed by atoms with Crippen LogP contribution in [0.2, 0.25) is 5.02 Å². The smallest absolute Gasteiger partial charge is 0.327 e. The quantitative estimate of drug-likeness (QED) is 0.533. The van der Waals surface area contributed by atoms with Crippen molar-refractivity contribution in [2.45, 2.75) is 43.0 Å². The van der Waals surface area contributed by atoms with E-state index in [1.165, 1.54) is 16.7 Å². The molecule has 0 spiro atoms. The Labute approximate surface area is 204 Å². The fraction of sp³-hybridized carbons (Fsp3) is 0.368. The third-order valence-electron chi connectivity index (χ3n) is 5.18. The summed E-state index contributed by atoms with van der Waals surface area (Å²) in [6.07, 6.45) is 0. The molecule has 0 saturated carbocycles. The van der Waals surface area contributed by atoms with E-state index in [0.29, 0.717) is 16.3 Å². The number of nitrogens with one attached hydrogen (secondary N) is 1. The van der Waals surface area contributed by atoms with Gasteiger partial charge in [0, 0.05) is 39.9 Å². The fourth-order valence-electron chi connectivity index (χ4n) is 3.84. The number of β-lactam (4-membered cyclic amide) rings is 1. The standard InChI is InChI=1S/C19H18ClN3O5S.Na/c1-8-11(12(22-28-8)9-6-4-5-7-10(9)20)15(24)21-13-16(25)23-14(18(26)27)19(2,3)29-17(13)23;/h4-7,13-14,17H,1-3H3,(H,21,24)(H,26,27);. The van der Waals surface area contributed by atoms with Crippen LogP contribution in [0.4, 0.5) is 0 Å². The number of thioether (sulfide) groups is 1. The second-order valence-electron chi connectivity index (χ2n) is 7.49. The van der Waals surface area contributed by atoms with E-state index in [1.807, 2.05) is 0 Å². The third-order valence-corrected chi connectivity index (χ3v) is 7.08. The van der Waals surface area contributed by atoms with Crippen LogP contribution in [0.1, 0.15) is 30.0 Å². The predicted molar refractivity (Wildman–Crippen MR) is 112 cm³/mol. The molecule has 2 aromatic rings. The van der Waals surface area contributed by atoms with Gasteiger partial charge in [0.25, 0.3) is 5.91 Å². The summed E-state index contributed by atoms with van der Waals surface area (Å²) in [4.78, 5) is 38.6. The van der Waals surface area contributed by atoms with E-state index < -0.39 is 40.0 Å². The van der Waals surface area contributed by atoms with Gasteiger partial charge in [-0.25, -0.2) is 4.79 Å². The van der Waals surface area contributed by atoms with Gasteiger partial charge in [-0.1, -0.05) is 35.0 Å². The number of aromatic nitrogens is 1. The first-order chi connectivity index (χ1) is 13.6. The summed E-state index contributed by atoms with van der Waals surface area (Å²) in [5.74, 6) is -1.70. The maximum Gasteiger partial charge on any atom is 0.327 e. The number of benzene rings is 1. The van der Waals surface area contributed by atoms with Crippen LogP contribution in [0.3, 0.4) is 0 Å². The molecule has 2 aliphatic heterocycles. The van der Waals surface area contributed by atoms with Crippen molar-refractivity contribution >= 4 is 70.7 Å². The number of amides is 2. The van der Waals surface area contributed by atoms with Crippen LogP contribution >= 0.6 is 23.4 Å². The molecular weight excluding hydrogens is 441 g/mol. The maximum absolute atomic E-state index is 13.0. The molecule has 30 heavy (non-hydrogen) atoms.